The van der Waals surface area contributed by atoms with Crippen LogP contribution in [0.25, 0.3) is 0 Å². The molecule has 0 aliphatic carbocycles. The zero-order chi connectivity index (χ0) is 17.3. The average Bonchev–Trinajstić information content (AvgIpc) is 2.46. The van der Waals surface area contributed by atoms with Gasteiger partial charge in [-0.1, -0.05) is 45.0 Å². The highest BCUT2D eigenvalue weighted by Gasteiger charge is 2.30. The molecule has 1 heterocycles. The molecule has 2 rings (SSSR count). The summed E-state index contributed by atoms with van der Waals surface area (Å²) < 4.78 is 0. The highest BCUT2D eigenvalue weighted by molar-refractivity contribution is 5.87. The fourth-order valence-corrected chi connectivity index (χ4v) is 2.88. The molecular formula is C19H28N2O2. The topological polar surface area (TPSA) is 58.2 Å². The highest BCUT2D eigenvalue weighted by Crippen LogP contribution is 2.27. The number of nitrogens with one attached hydrogen (secondary N) is 2. The first-order valence-electron chi connectivity index (χ1n) is 8.29. The maximum Gasteiger partial charge on any atom is 0.224 e. The Kier molecular flexibility index (Phi) is 4.83. The predicted molar refractivity (Wildman–Crippen MR) is 92.0 cm³/mol. The zero-order valence-electron chi connectivity index (χ0n) is 14.8. The molecular weight excluding hydrogens is 288 g/mol. The third-order valence-electron chi connectivity index (χ3n) is 4.53. The molecule has 1 aliphatic heterocycles. The highest BCUT2D eigenvalue weighted by atomic mass is 16.2. The maximum absolute atomic E-state index is 12.5. The lowest BCUT2D eigenvalue weighted by molar-refractivity contribution is -0.133. The molecule has 1 aromatic carbocycles. The molecule has 2 amide bonds. The van der Waals surface area contributed by atoms with Gasteiger partial charge in [-0.3, -0.25) is 9.59 Å². The van der Waals surface area contributed by atoms with Gasteiger partial charge in [0.15, 0.2) is 0 Å². The van der Waals surface area contributed by atoms with Crippen molar-refractivity contribution >= 4 is 11.8 Å². The molecule has 1 atom stereocenters. The van der Waals surface area contributed by atoms with Crippen LogP contribution in [0, 0.1) is 5.92 Å². The standard InChI is InChI=1S/C19H28N2O2/c1-18(2,3)14-6-8-15(9-7-14)19(4,5)21-17(23)13-10-11-20-16(22)12-13/h6-9,13H,10-12H2,1-5H3,(H,20,22)(H,21,23). The van der Waals surface area contributed by atoms with Crippen LogP contribution in [0.5, 0.6) is 0 Å². The quantitative estimate of drug-likeness (QED) is 0.901. The van der Waals surface area contributed by atoms with E-state index in [-0.39, 0.29) is 29.6 Å². The van der Waals surface area contributed by atoms with E-state index in [1.807, 2.05) is 13.8 Å². The van der Waals surface area contributed by atoms with Gasteiger partial charge in [-0.2, -0.15) is 0 Å². The minimum absolute atomic E-state index is 0.0373. The molecule has 1 saturated heterocycles. The van der Waals surface area contributed by atoms with Crippen LogP contribution in [0.2, 0.25) is 0 Å². The molecule has 2 N–H and O–H groups in total. The van der Waals surface area contributed by atoms with Crippen molar-refractivity contribution in [1.29, 1.82) is 0 Å². The Morgan fingerprint density at radius 1 is 1.09 bits per heavy atom. The van der Waals surface area contributed by atoms with Crippen molar-refractivity contribution in [3.8, 4) is 0 Å². The Bertz CT molecular complexity index is 582. The van der Waals surface area contributed by atoms with Crippen molar-refractivity contribution in [3.05, 3.63) is 35.4 Å². The van der Waals surface area contributed by atoms with E-state index < -0.39 is 5.54 Å². The van der Waals surface area contributed by atoms with Crippen LogP contribution in [0.1, 0.15) is 58.6 Å². The van der Waals surface area contributed by atoms with E-state index in [0.717, 1.165) is 5.56 Å². The minimum atomic E-state index is -0.457. The molecule has 1 fully saturated rings. The van der Waals surface area contributed by atoms with E-state index >= 15 is 0 Å². The second-order valence-electron chi connectivity index (χ2n) is 7.98. The van der Waals surface area contributed by atoms with Crippen molar-refractivity contribution in [2.24, 2.45) is 5.92 Å². The third-order valence-corrected chi connectivity index (χ3v) is 4.53. The Morgan fingerprint density at radius 3 is 2.17 bits per heavy atom. The number of piperidine rings is 1. The van der Waals surface area contributed by atoms with Gasteiger partial charge in [0.1, 0.15) is 0 Å². The van der Waals surface area contributed by atoms with E-state index in [1.165, 1.54) is 5.56 Å². The van der Waals surface area contributed by atoms with Crippen molar-refractivity contribution in [2.75, 3.05) is 6.54 Å². The lowest BCUT2D eigenvalue weighted by atomic mass is 9.84. The molecule has 1 unspecified atom stereocenters. The number of carbonyl (C=O) groups is 2. The minimum Gasteiger partial charge on any atom is -0.356 e. The summed E-state index contributed by atoms with van der Waals surface area (Å²) in [6, 6.07) is 8.40. The summed E-state index contributed by atoms with van der Waals surface area (Å²) in [5.74, 6) is -0.301. The number of hydrogen-bond donors (Lipinski definition) is 2. The average molecular weight is 316 g/mol. The zero-order valence-corrected chi connectivity index (χ0v) is 14.8. The number of benzene rings is 1. The van der Waals surface area contributed by atoms with Gasteiger partial charge in [0.25, 0.3) is 0 Å². The van der Waals surface area contributed by atoms with Gasteiger partial charge in [0.05, 0.1) is 5.54 Å². The van der Waals surface area contributed by atoms with E-state index in [0.29, 0.717) is 13.0 Å². The first-order chi connectivity index (χ1) is 10.6. The second-order valence-corrected chi connectivity index (χ2v) is 7.98. The molecule has 4 heteroatoms. The van der Waals surface area contributed by atoms with Gasteiger partial charge in [-0.05, 0) is 36.8 Å². The van der Waals surface area contributed by atoms with E-state index in [2.05, 4.69) is 55.7 Å². The fraction of sp³-hybridized carbons (Fsp3) is 0.579. The molecule has 126 valence electrons. The molecule has 0 saturated carbocycles. The molecule has 0 bridgehead atoms. The van der Waals surface area contributed by atoms with Crippen LogP contribution in [-0.2, 0) is 20.5 Å². The summed E-state index contributed by atoms with van der Waals surface area (Å²) in [6.45, 7) is 11.1. The summed E-state index contributed by atoms with van der Waals surface area (Å²) in [6.07, 6.45) is 0.988. The van der Waals surface area contributed by atoms with Gasteiger partial charge >= 0.3 is 0 Å². The monoisotopic (exact) mass is 316 g/mol. The van der Waals surface area contributed by atoms with Crippen LogP contribution in [-0.4, -0.2) is 18.4 Å². The first-order valence-corrected chi connectivity index (χ1v) is 8.29. The Hall–Kier alpha value is -1.84. The van der Waals surface area contributed by atoms with Crippen LogP contribution in [0.4, 0.5) is 0 Å². The van der Waals surface area contributed by atoms with Gasteiger partial charge in [-0.25, -0.2) is 0 Å². The van der Waals surface area contributed by atoms with Gasteiger partial charge < -0.3 is 10.6 Å². The van der Waals surface area contributed by atoms with Crippen molar-refractivity contribution < 1.29 is 9.59 Å². The maximum atomic E-state index is 12.5. The fourth-order valence-electron chi connectivity index (χ4n) is 2.88. The molecule has 4 nitrogen and oxygen atoms in total. The molecule has 0 radical (unpaired) electrons. The first kappa shape index (κ1) is 17.5. The van der Waals surface area contributed by atoms with Crippen LogP contribution < -0.4 is 10.6 Å². The number of rotatable bonds is 3. The van der Waals surface area contributed by atoms with Crippen molar-refractivity contribution in [3.63, 3.8) is 0 Å². The second kappa shape index (κ2) is 6.34. The summed E-state index contributed by atoms with van der Waals surface area (Å²) >= 11 is 0. The summed E-state index contributed by atoms with van der Waals surface area (Å²) in [4.78, 5) is 23.9. The Labute approximate surface area is 139 Å². The lowest BCUT2D eigenvalue weighted by Crippen LogP contribution is -2.47. The molecule has 1 aromatic rings. The molecule has 0 spiro atoms. The summed E-state index contributed by atoms with van der Waals surface area (Å²) in [7, 11) is 0. The van der Waals surface area contributed by atoms with E-state index in [1.54, 1.807) is 0 Å². The van der Waals surface area contributed by atoms with Gasteiger partial charge in [-0.15, -0.1) is 0 Å². The molecule has 23 heavy (non-hydrogen) atoms. The lowest BCUT2D eigenvalue weighted by Gasteiger charge is -2.31. The van der Waals surface area contributed by atoms with Crippen LogP contribution in [0.15, 0.2) is 24.3 Å². The number of amides is 2. The normalized spacial score (nSPS) is 19.2. The van der Waals surface area contributed by atoms with Crippen LogP contribution in [0.3, 0.4) is 0 Å². The summed E-state index contributed by atoms with van der Waals surface area (Å²) in [5, 5.41) is 5.86. The van der Waals surface area contributed by atoms with E-state index in [9.17, 15) is 9.59 Å². The predicted octanol–water partition coefficient (Wildman–Crippen LogP) is 2.86. The number of carbonyl (C=O) groups excluding carboxylic acids is 2. The van der Waals surface area contributed by atoms with Gasteiger partial charge in [0, 0.05) is 18.9 Å². The van der Waals surface area contributed by atoms with Gasteiger partial charge in [0.2, 0.25) is 11.8 Å². The number of hydrogen-bond acceptors (Lipinski definition) is 2. The molecule has 1 aliphatic rings. The SMILES string of the molecule is CC(C)(C)c1ccc(C(C)(C)NC(=O)C2CCNC(=O)C2)cc1. The Balaban J connectivity index is 2.08. The largest absolute Gasteiger partial charge is 0.356 e. The van der Waals surface area contributed by atoms with E-state index in [4.69, 9.17) is 0 Å². The third kappa shape index (κ3) is 4.34. The molecule has 0 aromatic heterocycles. The smallest absolute Gasteiger partial charge is 0.224 e. The van der Waals surface area contributed by atoms with Crippen molar-refractivity contribution in [1.82, 2.24) is 10.6 Å². The Morgan fingerprint density at radius 2 is 1.65 bits per heavy atom. The van der Waals surface area contributed by atoms with Crippen molar-refractivity contribution in [2.45, 2.75) is 58.4 Å². The summed E-state index contributed by atoms with van der Waals surface area (Å²) in [5.41, 5.74) is 1.99. The van der Waals surface area contributed by atoms with Crippen LogP contribution >= 0.6 is 0 Å².